The number of hydrogen-bond acceptors (Lipinski definition) is 5. The zero-order valence-corrected chi connectivity index (χ0v) is 19.5. The first kappa shape index (κ1) is 21.4. The zero-order valence-electron chi connectivity index (χ0n) is 18.6. The summed E-state index contributed by atoms with van der Waals surface area (Å²) in [5, 5.41) is 4.03. The number of carbonyl (C=O) groups is 1. The van der Waals surface area contributed by atoms with Gasteiger partial charge >= 0.3 is 6.03 Å². The summed E-state index contributed by atoms with van der Waals surface area (Å²) in [5.41, 5.74) is 3.17. The molecule has 0 saturated carbocycles. The summed E-state index contributed by atoms with van der Waals surface area (Å²) in [4.78, 5) is 21.6. The average Bonchev–Trinajstić information content (AvgIpc) is 3.17. The Balaban J connectivity index is 1.35. The van der Waals surface area contributed by atoms with Crippen LogP contribution in [0.15, 0.2) is 42.5 Å². The van der Waals surface area contributed by atoms with Crippen molar-refractivity contribution in [2.45, 2.75) is 33.1 Å². The van der Waals surface area contributed by atoms with Crippen LogP contribution in [-0.4, -0.2) is 48.7 Å². The first-order chi connectivity index (χ1) is 14.8. The van der Waals surface area contributed by atoms with Crippen LogP contribution in [0.4, 0.5) is 15.6 Å². The number of piperazine rings is 1. The number of nitrogens with zero attached hydrogens (tertiary/aromatic N) is 3. The fourth-order valence-electron chi connectivity index (χ4n) is 3.64. The van der Waals surface area contributed by atoms with E-state index in [4.69, 9.17) is 9.72 Å². The number of rotatable bonds is 4. The SMILES string of the molecule is CCOc1ccc2nc(N3CCN(C(=O)Nc4ccc(C(C)(C)C)cc4)CC3)sc2c1. The normalized spacial score (nSPS) is 14.7. The second-order valence-corrected chi connectivity index (χ2v) is 9.80. The van der Waals surface area contributed by atoms with Crippen molar-refractivity contribution in [2.75, 3.05) is 43.0 Å². The number of fused-ring (bicyclic) bond motifs is 1. The van der Waals surface area contributed by atoms with Gasteiger partial charge < -0.3 is 19.9 Å². The molecular formula is C24H30N4O2S. The van der Waals surface area contributed by atoms with Crippen LogP contribution in [0.2, 0.25) is 0 Å². The molecule has 2 heterocycles. The highest BCUT2D eigenvalue weighted by molar-refractivity contribution is 7.22. The lowest BCUT2D eigenvalue weighted by Gasteiger charge is -2.34. The van der Waals surface area contributed by atoms with Gasteiger partial charge in [0.2, 0.25) is 0 Å². The van der Waals surface area contributed by atoms with E-state index in [0.29, 0.717) is 19.7 Å². The number of ether oxygens (including phenoxy) is 1. The van der Waals surface area contributed by atoms with Gasteiger partial charge in [-0.3, -0.25) is 0 Å². The van der Waals surface area contributed by atoms with E-state index in [1.165, 1.54) is 5.56 Å². The monoisotopic (exact) mass is 438 g/mol. The molecule has 1 saturated heterocycles. The van der Waals surface area contributed by atoms with Gasteiger partial charge in [-0.2, -0.15) is 0 Å². The largest absolute Gasteiger partial charge is 0.494 e. The minimum Gasteiger partial charge on any atom is -0.494 e. The maximum absolute atomic E-state index is 12.7. The number of aromatic nitrogens is 1. The van der Waals surface area contributed by atoms with Crippen molar-refractivity contribution in [1.82, 2.24) is 9.88 Å². The van der Waals surface area contributed by atoms with Gasteiger partial charge in [-0.05, 0) is 48.2 Å². The van der Waals surface area contributed by atoms with Gasteiger partial charge in [-0.1, -0.05) is 44.2 Å². The third-order valence-corrected chi connectivity index (χ3v) is 6.58. The number of benzene rings is 2. The second-order valence-electron chi connectivity index (χ2n) is 8.79. The first-order valence-electron chi connectivity index (χ1n) is 10.8. The zero-order chi connectivity index (χ0) is 22.0. The molecule has 7 heteroatoms. The lowest BCUT2D eigenvalue weighted by atomic mass is 9.87. The molecule has 0 aliphatic carbocycles. The summed E-state index contributed by atoms with van der Waals surface area (Å²) in [7, 11) is 0. The molecule has 31 heavy (non-hydrogen) atoms. The van der Waals surface area contributed by atoms with E-state index < -0.39 is 0 Å². The van der Waals surface area contributed by atoms with Crippen molar-refractivity contribution < 1.29 is 9.53 Å². The van der Waals surface area contributed by atoms with Crippen LogP contribution < -0.4 is 15.0 Å². The quantitative estimate of drug-likeness (QED) is 0.597. The van der Waals surface area contributed by atoms with E-state index in [-0.39, 0.29) is 11.4 Å². The van der Waals surface area contributed by atoms with E-state index in [1.54, 1.807) is 11.3 Å². The number of nitrogens with one attached hydrogen (secondary N) is 1. The Morgan fingerprint density at radius 3 is 2.45 bits per heavy atom. The van der Waals surface area contributed by atoms with Crippen LogP contribution in [0.5, 0.6) is 5.75 Å². The van der Waals surface area contributed by atoms with Crippen LogP contribution in [-0.2, 0) is 5.41 Å². The minimum absolute atomic E-state index is 0.0474. The molecule has 0 unspecified atom stereocenters. The number of thiazole rings is 1. The lowest BCUT2D eigenvalue weighted by molar-refractivity contribution is 0.208. The molecule has 0 radical (unpaired) electrons. The van der Waals surface area contributed by atoms with Gasteiger partial charge in [-0.15, -0.1) is 0 Å². The first-order valence-corrected chi connectivity index (χ1v) is 11.6. The molecule has 0 spiro atoms. The Morgan fingerprint density at radius 1 is 1.10 bits per heavy atom. The predicted octanol–water partition coefficient (Wildman–Crippen LogP) is 5.35. The Labute approximate surface area is 187 Å². The maximum atomic E-state index is 12.7. The predicted molar refractivity (Wildman–Crippen MR) is 129 cm³/mol. The molecule has 0 atom stereocenters. The van der Waals surface area contributed by atoms with E-state index in [1.807, 2.05) is 36.1 Å². The van der Waals surface area contributed by atoms with Gasteiger partial charge in [0.15, 0.2) is 5.13 Å². The van der Waals surface area contributed by atoms with Gasteiger partial charge in [-0.25, -0.2) is 9.78 Å². The second kappa shape index (κ2) is 8.75. The topological polar surface area (TPSA) is 57.7 Å². The molecule has 1 aromatic heterocycles. The van der Waals surface area contributed by atoms with Crippen LogP contribution >= 0.6 is 11.3 Å². The van der Waals surface area contributed by atoms with Crippen LogP contribution in [0.1, 0.15) is 33.3 Å². The highest BCUT2D eigenvalue weighted by Crippen LogP contribution is 2.32. The molecule has 1 aliphatic heterocycles. The fourth-order valence-corrected chi connectivity index (χ4v) is 4.69. The van der Waals surface area contributed by atoms with Crippen molar-refractivity contribution in [3.05, 3.63) is 48.0 Å². The summed E-state index contributed by atoms with van der Waals surface area (Å²) >= 11 is 1.68. The fraction of sp³-hybridized carbons (Fsp3) is 0.417. The van der Waals surface area contributed by atoms with Gasteiger partial charge in [0, 0.05) is 31.9 Å². The standard InChI is InChI=1S/C24H30N4O2S/c1-5-30-19-10-11-20-21(16-19)31-23(26-20)28-14-12-27(13-15-28)22(29)25-18-8-6-17(7-9-18)24(2,3)4/h6-11,16H,5,12-15H2,1-4H3,(H,25,29). The van der Waals surface area contributed by atoms with E-state index in [9.17, 15) is 4.79 Å². The third kappa shape index (κ3) is 4.93. The molecule has 4 rings (SSSR count). The van der Waals surface area contributed by atoms with Crippen molar-refractivity contribution in [3.8, 4) is 5.75 Å². The van der Waals surface area contributed by atoms with Crippen LogP contribution in [0.25, 0.3) is 10.2 Å². The highest BCUT2D eigenvalue weighted by Gasteiger charge is 2.23. The third-order valence-electron chi connectivity index (χ3n) is 5.50. The van der Waals surface area contributed by atoms with Gasteiger partial charge in [0.1, 0.15) is 5.75 Å². The van der Waals surface area contributed by atoms with Crippen molar-refractivity contribution >= 4 is 38.4 Å². The lowest BCUT2D eigenvalue weighted by Crippen LogP contribution is -2.50. The molecule has 164 valence electrons. The van der Waals surface area contributed by atoms with Crippen molar-refractivity contribution in [1.29, 1.82) is 0 Å². The minimum atomic E-state index is -0.0474. The van der Waals surface area contributed by atoms with Gasteiger partial charge in [0.05, 0.1) is 16.8 Å². The Bertz CT molecular complexity index is 1050. The Morgan fingerprint density at radius 2 is 1.81 bits per heavy atom. The average molecular weight is 439 g/mol. The van der Waals surface area contributed by atoms with E-state index in [2.05, 4.69) is 49.2 Å². The molecule has 2 aromatic carbocycles. The highest BCUT2D eigenvalue weighted by atomic mass is 32.1. The van der Waals surface area contributed by atoms with E-state index in [0.717, 1.165) is 39.9 Å². The number of hydrogen-bond donors (Lipinski definition) is 1. The summed E-state index contributed by atoms with van der Waals surface area (Å²) in [5.74, 6) is 0.877. The molecule has 3 aromatic rings. The maximum Gasteiger partial charge on any atom is 0.321 e. The molecule has 0 bridgehead atoms. The molecule has 1 aliphatic rings. The summed E-state index contributed by atoms with van der Waals surface area (Å²) in [6.45, 7) is 12.1. The number of amides is 2. The van der Waals surface area contributed by atoms with Crippen LogP contribution in [0, 0.1) is 0 Å². The molecule has 1 N–H and O–H groups in total. The molecule has 2 amide bonds. The van der Waals surface area contributed by atoms with Gasteiger partial charge in [0.25, 0.3) is 0 Å². The van der Waals surface area contributed by atoms with Crippen molar-refractivity contribution in [3.63, 3.8) is 0 Å². The number of anilines is 2. The molecular weight excluding hydrogens is 408 g/mol. The Kier molecular flexibility index (Phi) is 6.05. The Hall–Kier alpha value is -2.80. The van der Waals surface area contributed by atoms with Crippen LogP contribution in [0.3, 0.4) is 0 Å². The number of carbonyl (C=O) groups excluding carboxylic acids is 1. The van der Waals surface area contributed by atoms with E-state index >= 15 is 0 Å². The summed E-state index contributed by atoms with van der Waals surface area (Å²) < 4.78 is 6.72. The summed E-state index contributed by atoms with van der Waals surface area (Å²) in [6, 6.07) is 14.1. The number of urea groups is 1. The smallest absolute Gasteiger partial charge is 0.321 e. The summed E-state index contributed by atoms with van der Waals surface area (Å²) in [6.07, 6.45) is 0. The molecule has 1 fully saturated rings. The van der Waals surface area contributed by atoms with Crippen molar-refractivity contribution in [2.24, 2.45) is 0 Å². The molecule has 6 nitrogen and oxygen atoms in total.